The quantitative estimate of drug-likeness (QED) is 0.751. The molecule has 0 saturated carbocycles. The molecular formula is C10H17NO5. The summed E-state index contributed by atoms with van der Waals surface area (Å²) in [4.78, 5) is 32.7. The number of aliphatic carboxylic acids is 1. The van der Waals surface area contributed by atoms with Crippen molar-refractivity contribution in [2.75, 3.05) is 0 Å². The van der Waals surface area contributed by atoms with Gasteiger partial charge in [0.1, 0.15) is 17.4 Å². The van der Waals surface area contributed by atoms with Crippen molar-refractivity contribution in [1.29, 1.82) is 0 Å². The van der Waals surface area contributed by atoms with Gasteiger partial charge >= 0.3 is 12.1 Å². The van der Waals surface area contributed by atoms with Crippen LogP contribution in [0.2, 0.25) is 0 Å². The van der Waals surface area contributed by atoms with Crippen LogP contribution in [0.15, 0.2) is 0 Å². The number of hydrogen-bond donors (Lipinski definition) is 2. The van der Waals surface area contributed by atoms with E-state index >= 15 is 0 Å². The second-order valence-electron chi connectivity index (χ2n) is 4.44. The van der Waals surface area contributed by atoms with Crippen molar-refractivity contribution in [1.82, 2.24) is 5.32 Å². The lowest BCUT2D eigenvalue weighted by Gasteiger charge is -2.21. The predicted octanol–water partition coefficient (Wildman–Crippen LogP) is 0.943. The van der Waals surface area contributed by atoms with Crippen molar-refractivity contribution in [3.63, 3.8) is 0 Å². The first-order valence-corrected chi connectivity index (χ1v) is 4.83. The van der Waals surface area contributed by atoms with E-state index in [1.165, 1.54) is 6.92 Å². The topological polar surface area (TPSA) is 92.7 Å². The van der Waals surface area contributed by atoms with E-state index in [0.717, 1.165) is 0 Å². The van der Waals surface area contributed by atoms with Crippen LogP contribution in [-0.2, 0) is 14.3 Å². The standard InChI is InChI=1S/C10H17NO5/c1-6(12)5-7(8(13)14)11-9(15)16-10(2,3)4/h7H,5H2,1-4H3,(H,11,15)(H,13,14)/t7-/m0/s1. The molecule has 0 saturated heterocycles. The van der Waals surface area contributed by atoms with E-state index in [0.29, 0.717) is 0 Å². The summed E-state index contributed by atoms with van der Waals surface area (Å²) in [5.41, 5.74) is -0.705. The Labute approximate surface area is 94.0 Å². The van der Waals surface area contributed by atoms with Gasteiger partial charge < -0.3 is 15.2 Å². The molecule has 0 aromatic heterocycles. The largest absolute Gasteiger partial charge is 0.480 e. The minimum atomic E-state index is -1.26. The summed E-state index contributed by atoms with van der Waals surface area (Å²) >= 11 is 0. The first-order valence-electron chi connectivity index (χ1n) is 4.83. The van der Waals surface area contributed by atoms with E-state index in [4.69, 9.17) is 9.84 Å². The van der Waals surface area contributed by atoms with Crippen molar-refractivity contribution >= 4 is 17.8 Å². The molecule has 0 aromatic carbocycles. The van der Waals surface area contributed by atoms with Gasteiger partial charge in [-0.3, -0.25) is 4.79 Å². The molecule has 0 spiro atoms. The van der Waals surface area contributed by atoms with E-state index in [1.54, 1.807) is 20.8 Å². The molecule has 0 fully saturated rings. The minimum Gasteiger partial charge on any atom is -0.480 e. The maximum atomic E-state index is 11.2. The van der Waals surface area contributed by atoms with Crippen molar-refractivity contribution in [2.45, 2.75) is 45.8 Å². The monoisotopic (exact) mass is 231 g/mol. The number of carboxylic acid groups (broad SMARTS) is 1. The molecule has 0 unspecified atom stereocenters. The molecule has 16 heavy (non-hydrogen) atoms. The van der Waals surface area contributed by atoms with Crippen molar-refractivity contribution in [3.8, 4) is 0 Å². The zero-order valence-corrected chi connectivity index (χ0v) is 9.86. The molecule has 6 nitrogen and oxygen atoms in total. The molecule has 0 radical (unpaired) electrons. The number of hydrogen-bond acceptors (Lipinski definition) is 4. The minimum absolute atomic E-state index is 0.255. The molecule has 2 N–H and O–H groups in total. The fraction of sp³-hybridized carbons (Fsp3) is 0.700. The van der Waals surface area contributed by atoms with Crippen LogP contribution >= 0.6 is 0 Å². The molecule has 6 heteroatoms. The number of ketones is 1. The SMILES string of the molecule is CC(=O)C[C@H](NC(=O)OC(C)(C)C)C(=O)O. The molecule has 0 aliphatic carbocycles. The van der Waals surface area contributed by atoms with Gasteiger partial charge in [-0.2, -0.15) is 0 Å². The Balaban J connectivity index is 4.35. The summed E-state index contributed by atoms with van der Waals surface area (Å²) in [6.07, 6.45) is -1.10. The Kier molecular flexibility index (Phi) is 4.94. The van der Waals surface area contributed by atoms with Gasteiger partial charge in [-0.1, -0.05) is 0 Å². The highest BCUT2D eigenvalue weighted by Gasteiger charge is 2.24. The third-order valence-electron chi connectivity index (χ3n) is 1.48. The van der Waals surface area contributed by atoms with Gasteiger partial charge in [0.25, 0.3) is 0 Å². The molecular weight excluding hydrogens is 214 g/mol. The van der Waals surface area contributed by atoms with Gasteiger partial charge in [-0.15, -0.1) is 0 Å². The normalized spacial score (nSPS) is 12.8. The third kappa shape index (κ3) is 6.80. The summed E-state index contributed by atoms with van der Waals surface area (Å²) in [6, 6.07) is -1.24. The fourth-order valence-electron chi connectivity index (χ4n) is 0.937. The average molecular weight is 231 g/mol. The average Bonchev–Trinajstić information content (AvgIpc) is 1.97. The summed E-state index contributed by atoms with van der Waals surface area (Å²) in [5.74, 6) is -1.58. The Bertz CT molecular complexity index is 292. The zero-order valence-electron chi connectivity index (χ0n) is 9.86. The lowest BCUT2D eigenvalue weighted by molar-refractivity contribution is -0.141. The van der Waals surface area contributed by atoms with Gasteiger partial charge in [0, 0.05) is 6.42 Å². The van der Waals surface area contributed by atoms with E-state index in [2.05, 4.69) is 5.32 Å². The lowest BCUT2D eigenvalue weighted by atomic mass is 10.1. The molecule has 0 aliphatic rings. The van der Waals surface area contributed by atoms with Crippen LogP contribution in [0.4, 0.5) is 4.79 Å². The molecule has 0 heterocycles. The second kappa shape index (κ2) is 5.48. The Morgan fingerprint density at radius 1 is 1.31 bits per heavy atom. The maximum Gasteiger partial charge on any atom is 0.408 e. The number of amides is 1. The number of ether oxygens (including phenoxy) is 1. The van der Waals surface area contributed by atoms with Crippen molar-refractivity contribution in [3.05, 3.63) is 0 Å². The number of Topliss-reactive ketones (excluding diaryl/α,β-unsaturated/α-hetero) is 1. The number of carbonyl (C=O) groups excluding carboxylic acids is 2. The zero-order chi connectivity index (χ0) is 12.9. The predicted molar refractivity (Wildman–Crippen MR) is 56.1 cm³/mol. The van der Waals surface area contributed by atoms with Crippen molar-refractivity contribution < 1.29 is 24.2 Å². The second-order valence-corrected chi connectivity index (χ2v) is 4.44. The first kappa shape index (κ1) is 14.4. The number of rotatable bonds is 4. The summed E-state index contributed by atoms with van der Waals surface area (Å²) < 4.78 is 4.88. The molecule has 1 amide bonds. The summed E-state index contributed by atoms with van der Waals surface area (Å²) in [7, 11) is 0. The number of carbonyl (C=O) groups is 3. The van der Waals surface area contributed by atoms with Gasteiger partial charge in [-0.25, -0.2) is 9.59 Å². The van der Waals surface area contributed by atoms with Gasteiger partial charge in [-0.05, 0) is 27.7 Å². The Morgan fingerprint density at radius 3 is 2.12 bits per heavy atom. The smallest absolute Gasteiger partial charge is 0.408 e. The van der Waals surface area contributed by atoms with E-state index in [9.17, 15) is 14.4 Å². The van der Waals surface area contributed by atoms with Crippen LogP contribution in [0, 0.1) is 0 Å². The van der Waals surface area contributed by atoms with Gasteiger partial charge in [0.15, 0.2) is 0 Å². The highest BCUT2D eigenvalue weighted by Crippen LogP contribution is 2.07. The van der Waals surface area contributed by atoms with Crippen LogP contribution in [0.5, 0.6) is 0 Å². The number of alkyl carbamates (subject to hydrolysis) is 1. The number of nitrogens with one attached hydrogen (secondary N) is 1. The first-order chi connectivity index (χ1) is 7.11. The molecule has 1 atom stereocenters. The van der Waals surface area contributed by atoms with E-state index in [1.807, 2.05) is 0 Å². The van der Waals surface area contributed by atoms with Gasteiger partial charge in [0.2, 0.25) is 0 Å². The van der Waals surface area contributed by atoms with Gasteiger partial charge in [0.05, 0.1) is 0 Å². The molecule has 0 rings (SSSR count). The molecule has 0 bridgehead atoms. The fourth-order valence-corrected chi connectivity index (χ4v) is 0.937. The molecule has 92 valence electrons. The van der Waals surface area contributed by atoms with E-state index in [-0.39, 0.29) is 12.2 Å². The summed E-state index contributed by atoms with van der Waals surface area (Å²) in [5, 5.41) is 10.9. The summed E-state index contributed by atoms with van der Waals surface area (Å²) in [6.45, 7) is 6.24. The molecule has 0 aromatic rings. The van der Waals surface area contributed by atoms with E-state index < -0.39 is 23.7 Å². The van der Waals surface area contributed by atoms with Crippen molar-refractivity contribution in [2.24, 2.45) is 0 Å². The molecule has 0 aliphatic heterocycles. The van der Waals surface area contributed by atoms with Crippen LogP contribution in [0.3, 0.4) is 0 Å². The van der Waals surface area contributed by atoms with Crippen LogP contribution in [-0.4, -0.2) is 34.6 Å². The maximum absolute atomic E-state index is 11.2. The van der Waals surface area contributed by atoms with Crippen LogP contribution in [0.1, 0.15) is 34.1 Å². The Morgan fingerprint density at radius 2 is 1.81 bits per heavy atom. The highest BCUT2D eigenvalue weighted by atomic mass is 16.6. The highest BCUT2D eigenvalue weighted by molar-refractivity contribution is 5.87. The third-order valence-corrected chi connectivity index (χ3v) is 1.48. The van der Waals surface area contributed by atoms with Crippen LogP contribution < -0.4 is 5.32 Å². The Hall–Kier alpha value is -1.59. The lowest BCUT2D eigenvalue weighted by Crippen LogP contribution is -2.44. The van der Waals surface area contributed by atoms with Crippen LogP contribution in [0.25, 0.3) is 0 Å². The number of carboxylic acids is 1.